The Morgan fingerprint density at radius 1 is 0.897 bits per heavy atom. The lowest BCUT2D eigenvalue weighted by Gasteiger charge is -2.12. The maximum atomic E-state index is 13.7. The molecule has 3 aromatic rings. The van der Waals surface area contributed by atoms with Crippen molar-refractivity contribution < 1.29 is 17.2 Å². The number of anilines is 3. The summed E-state index contributed by atoms with van der Waals surface area (Å²) >= 11 is 11.0. The highest BCUT2D eigenvalue weighted by Gasteiger charge is 2.14. The van der Waals surface area contributed by atoms with Gasteiger partial charge in [0.1, 0.15) is 11.6 Å². The third-order valence-corrected chi connectivity index (χ3v) is 5.52. The molecule has 0 radical (unpaired) electrons. The molecule has 150 valence electrons. The van der Waals surface area contributed by atoms with Gasteiger partial charge in [-0.2, -0.15) is 0 Å². The summed E-state index contributed by atoms with van der Waals surface area (Å²) in [5.74, 6) is -1.49. The number of nitrogens with one attached hydrogen (secondary N) is 3. The fraction of sp³-hybridized carbons (Fsp3) is 0. The molecule has 0 fully saturated rings. The van der Waals surface area contributed by atoms with Crippen molar-refractivity contribution in [3.63, 3.8) is 0 Å². The van der Waals surface area contributed by atoms with Gasteiger partial charge in [-0.25, -0.2) is 17.2 Å². The highest BCUT2D eigenvalue weighted by atomic mass is 35.5. The van der Waals surface area contributed by atoms with Crippen LogP contribution in [0, 0.1) is 11.6 Å². The Labute approximate surface area is 176 Å². The molecule has 0 saturated heterocycles. The number of benzene rings is 3. The van der Waals surface area contributed by atoms with Crippen LogP contribution in [0.3, 0.4) is 0 Å². The Bertz CT molecular complexity index is 1160. The van der Waals surface area contributed by atoms with Crippen LogP contribution in [0.25, 0.3) is 0 Å². The van der Waals surface area contributed by atoms with Gasteiger partial charge in [0.25, 0.3) is 10.0 Å². The van der Waals surface area contributed by atoms with Crippen LogP contribution in [0.5, 0.6) is 0 Å². The maximum Gasteiger partial charge on any atom is 0.261 e. The van der Waals surface area contributed by atoms with Crippen LogP contribution in [0.1, 0.15) is 0 Å². The van der Waals surface area contributed by atoms with Crippen molar-refractivity contribution in [3.8, 4) is 0 Å². The van der Waals surface area contributed by atoms with Crippen molar-refractivity contribution in [1.29, 1.82) is 0 Å². The van der Waals surface area contributed by atoms with Crippen LogP contribution in [-0.2, 0) is 10.0 Å². The summed E-state index contributed by atoms with van der Waals surface area (Å²) in [5.41, 5.74) is 0.826. The Morgan fingerprint density at radius 2 is 1.62 bits per heavy atom. The molecule has 29 heavy (non-hydrogen) atoms. The Hall–Kier alpha value is -2.75. The summed E-state index contributed by atoms with van der Waals surface area (Å²) < 4.78 is 54.0. The van der Waals surface area contributed by atoms with Gasteiger partial charge < -0.3 is 10.6 Å². The van der Waals surface area contributed by atoms with E-state index in [-0.39, 0.29) is 15.7 Å². The normalized spacial score (nSPS) is 11.0. The first kappa shape index (κ1) is 21.0. The lowest BCUT2D eigenvalue weighted by Crippen LogP contribution is -2.20. The van der Waals surface area contributed by atoms with Crippen LogP contribution < -0.4 is 15.4 Å². The van der Waals surface area contributed by atoms with Crippen molar-refractivity contribution in [2.24, 2.45) is 0 Å². The van der Waals surface area contributed by atoms with E-state index in [1.54, 1.807) is 18.2 Å². The number of hydrogen-bond donors (Lipinski definition) is 3. The first-order valence-electron chi connectivity index (χ1n) is 8.14. The summed E-state index contributed by atoms with van der Waals surface area (Å²) in [6, 6.07) is 15.2. The quantitative estimate of drug-likeness (QED) is 0.461. The Kier molecular flexibility index (Phi) is 6.31. The zero-order valence-corrected chi connectivity index (χ0v) is 17.0. The fourth-order valence-electron chi connectivity index (χ4n) is 2.36. The van der Waals surface area contributed by atoms with E-state index in [0.717, 1.165) is 12.1 Å². The molecule has 0 aliphatic carbocycles. The Balaban J connectivity index is 1.67. The fourth-order valence-corrected chi connectivity index (χ4v) is 3.83. The van der Waals surface area contributed by atoms with Crippen molar-refractivity contribution >= 4 is 56.0 Å². The molecule has 0 aromatic heterocycles. The standard InChI is InChI=1S/C19H14ClF2N3O2S2/c20-12-2-1-3-15(10-12)25-29(26,27)16-7-5-14(6-8-16)23-19(28)24-18-9-4-13(21)11-17(18)22/h1-11,25H,(H2,23,24,28). The van der Waals surface area contributed by atoms with Gasteiger partial charge in [0.15, 0.2) is 5.11 Å². The van der Waals surface area contributed by atoms with Crippen molar-refractivity contribution in [2.45, 2.75) is 4.90 Å². The predicted molar refractivity (Wildman–Crippen MR) is 115 cm³/mol. The van der Waals surface area contributed by atoms with E-state index in [1.807, 2.05) is 0 Å². The third kappa shape index (κ3) is 5.63. The van der Waals surface area contributed by atoms with Crippen LogP contribution >= 0.6 is 23.8 Å². The second-order valence-corrected chi connectivity index (χ2v) is 8.37. The van der Waals surface area contributed by atoms with E-state index in [2.05, 4.69) is 15.4 Å². The minimum atomic E-state index is -3.80. The largest absolute Gasteiger partial charge is 0.332 e. The average Bonchev–Trinajstić information content (AvgIpc) is 2.64. The van der Waals surface area contributed by atoms with Gasteiger partial charge in [-0.1, -0.05) is 17.7 Å². The molecule has 0 bridgehead atoms. The number of hydrogen-bond acceptors (Lipinski definition) is 3. The lowest BCUT2D eigenvalue weighted by molar-refractivity contribution is 0.586. The van der Waals surface area contributed by atoms with Crippen molar-refractivity contribution in [1.82, 2.24) is 0 Å². The molecule has 0 atom stereocenters. The first-order valence-corrected chi connectivity index (χ1v) is 10.4. The summed E-state index contributed by atoms with van der Waals surface area (Å²) in [7, 11) is -3.80. The van der Waals surface area contributed by atoms with Crippen LogP contribution in [-0.4, -0.2) is 13.5 Å². The smallest absolute Gasteiger partial charge is 0.261 e. The molecule has 3 N–H and O–H groups in total. The van der Waals surface area contributed by atoms with E-state index >= 15 is 0 Å². The van der Waals surface area contributed by atoms with Gasteiger partial charge in [-0.3, -0.25) is 4.72 Å². The molecule has 0 saturated carbocycles. The molecule has 0 aliphatic heterocycles. The van der Waals surface area contributed by atoms with E-state index in [0.29, 0.717) is 16.4 Å². The topological polar surface area (TPSA) is 70.2 Å². The molecule has 0 spiro atoms. The van der Waals surface area contributed by atoms with Gasteiger partial charge in [-0.15, -0.1) is 0 Å². The molecule has 3 rings (SSSR count). The van der Waals surface area contributed by atoms with Crippen LogP contribution in [0.15, 0.2) is 71.6 Å². The third-order valence-electron chi connectivity index (χ3n) is 3.68. The predicted octanol–water partition coefficient (Wildman–Crippen LogP) is 5.23. The van der Waals surface area contributed by atoms with E-state index in [9.17, 15) is 17.2 Å². The van der Waals surface area contributed by atoms with Crippen molar-refractivity contribution in [2.75, 3.05) is 15.4 Å². The number of halogens is 3. The second kappa shape index (κ2) is 8.73. The molecule has 5 nitrogen and oxygen atoms in total. The minimum absolute atomic E-state index is 0.00817. The van der Waals surface area contributed by atoms with Crippen molar-refractivity contribution in [3.05, 3.63) is 83.4 Å². The molecule has 0 heterocycles. The van der Waals surface area contributed by atoms with Gasteiger partial charge >= 0.3 is 0 Å². The number of sulfonamides is 1. The molecule has 3 aromatic carbocycles. The van der Waals surface area contributed by atoms with Gasteiger partial charge in [0.05, 0.1) is 16.3 Å². The highest BCUT2D eigenvalue weighted by molar-refractivity contribution is 7.92. The minimum Gasteiger partial charge on any atom is -0.332 e. The summed E-state index contributed by atoms with van der Waals surface area (Å²) in [6.07, 6.45) is 0. The molecule has 0 amide bonds. The van der Waals surface area contributed by atoms with Gasteiger partial charge in [0, 0.05) is 16.8 Å². The highest BCUT2D eigenvalue weighted by Crippen LogP contribution is 2.21. The Morgan fingerprint density at radius 3 is 2.28 bits per heavy atom. The average molecular weight is 454 g/mol. The van der Waals surface area contributed by atoms with Gasteiger partial charge in [0.2, 0.25) is 0 Å². The summed E-state index contributed by atoms with van der Waals surface area (Å²) in [5, 5.41) is 5.86. The molecular weight excluding hydrogens is 440 g/mol. The zero-order chi connectivity index (χ0) is 21.0. The van der Waals surface area contributed by atoms with E-state index < -0.39 is 21.7 Å². The molecule has 0 unspecified atom stereocenters. The van der Waals surface area contributed by atoms with Crippen LogP contribution in [0.2, 0.25) is 5.02 Å². The van der Waals surface area contributed by atoms with E-state index in [4.69, 9.17) is 23.8 Å². The zero-order valence-electron chi connectivity index (χ0n) is 14.6. The second-order valence-electron chi connectivity index (χ2n) is 5.84. The first-order chi connectivity index (χ1) is 13.7. The molecular formula is C19H14ClF2N3O2S2. The summed E-state index contributed by atoms with van der Waals surface area (Å²) in [4.78, 5) is 0.0338. The van der Waals surface area contributed by atoms with E-state index in [1.165, 1.54) is 36.4 Å². The summed E-state index contributed by atoms with van der Waals surface area (Å²) in [6.45, 7) is 0. The lowest BCUT2D eigenvalue weighted by atomic mass is 10.3. The van der Waals surface area contributed by atoms with Gasteiger partial charge in [-0.05, 0) is 66.8 Å². The van der Waals surface area contributed by atoms with Crippen LogP contribution in [0.4, 0.5) is 25.8 Å². The SMILES string of the molecule is O=S(=O)(Nc1cccc(Cl)c1)c1ccc(NC(=S)Nc2ccc(F)cc2F)cc1. The number of rotatable bonds is 5. The molecule has 10 heteroatoms. The monoisotopic (exact) mass is 453 g/mol. The molecule has 0 aliphatic rings. The maximum absolute atomic E-state index is 13.7. The number of thiocarbonyl (C=S) groups is 1.